The number of hydrogen-bond acceptors (Lipinski definition) is 4. The summed E-state index contributed by atoms with van der Waals surface area (Å²) >= 11 is 0. The molecule has 0 saturated heterocycles. The zero-order valence-corrected chi connectivity index (χ0v) is 14.0. The van der Waals surface area contributed by atoms with Crippen LogP contribution in [-0.4, -0.2) is 17.7 Å². The quantitative estimate of drug-likeness (QED) is 0.840. The third-order valence-electron chi connectivity index (χ3n) is 3.69. The van der Waals surface area contributed by atoms with Gasteiger partial charge in [-0.1, -0.05) is 18.2 Å². The van der Waals surface area contributed by atoms with Crippen molar-refractivity contribution < 1.29 is 19.4 Å². The smallest absolute Gasteiger partial charge is 0.310 e. The Balaban J connectivity index is 2.30. The standard InChI is InChI=1S/C19H22O4/c1-5-22-18(21)11-15-8-6-12(2)17(10-15)23-19-13(3)7-9-16(20)14(19)4/h6-10,20H,5,11H2,1-4H3. The number of ether oxygens (including phenoxy) is 2. The Morgan fingerprint density at radius 3 is 2.48 bits per heavy atom. The number of phenolic OH excluding ortho intramolecular Hbond substituents is 1. The second-order valence-corrected chi connectivity index (χ2v) is 5.54. The Bertz CT molecular complexity index is 720. The fourth-order valence-corrected chi connectivity index (χ4v) is 2.33. The largest absolute Gasteiger partial charge is 0.508 e. The fraction of sp³-hybridized carbons (Fsp3) is 0.316. The van der Waals surface area contributed by atoms with Gasteiger partial charge in [-0.2, -0.15) is 0 Å². The summed E-state index contributed by atoms with van der Waals surface area (Å²) in [6.07, 6.45) is 0.211. The molecule has 2 aromatic carbocycles. The van der Waals surface area contributed by atoms with Crippen molar-refractivity contribution in [1.29, 1.82) is 0 Å². The molecular formula is C19H22O4. The van der Waals surface area contributed by atoms with E-state index in [9.17, 15) is 9.90 Å². The summed E-state index contributed by atoms with van der Waals surface area (Å²) in [5, 5.41) is 9.86. The van der Waals surface area contributed by atoms with Gasteiger partial charge in [0.1, 0.15) is 17.2 Å². The normalized spacial score (nSPS) is 10.4. The summed E-state index contributed by atoms with van der Waals surface area (Å²) < 4.78 is 11.0. The van der Waals surface area contributed by atoms with E-state index in [1.165, 1.54) is 0 Å². The molecule has 2 rings (SSSR count). The lowest BCUT2D eigenvalue weighted by atomic mass is 10.1. The summed E-state index contributed by atoms with van der Waals surface area (Å²) in [5.41, 5.74) is 3.43. The van der Waals surface area contributed by atoms with Crippen molar-refractivity contribution in [2.24, 2.45) is 0 Å². The van der Waals surface area contributed by atoms with Crippen LogP contribution in [0.2, 0.25) is 0 Å². The molecule has 0 fully saturated rings. The first-order valence-corrected chi connectivity index (χ1v) is 7.64. The first-order valence-electron chi connectivity index (χ1n) is 7.64. The molecule has 0 radical (unpaired) electrons. The average molecular weight is 314 g/mol. The number of carbonyl (C=O) groups is 1. The Morgan fingerprint density at radius 1 is 1.09 bits per heavy atom. The molecular weight excluding hydrogens is 292 g/mol. The van der Waals surface area contributed by atoms with Crippen molar-refractivity contribution in [2.75, 3.05) is 6.61 Å². The lowest BCUT2D eigenvalue weighted by molar-refractivity contribution is -0.142. The van der Waals surface area contributed by atoms with E-state index in [-0.39, 0.29) is 18.1 Å². The molecule has 2 aromatic rings. The van der Waals surface area contributed by atoms with Gasteiger partial charge in [0.15, 0.2) is 0 Å². The highest BCUT2D eigenvalue weighted by atomic mass is 16.5. The number of carbonyl (C=O) groups excluding carboxylic acids is 1. The van der Waals surface area contributed by atoms with Gasteiger partial charge in [-0.25, -0.2) is 0 Å². The minimum atomic E-state index is -0.257. The molecule has 122 valence electrons. The summed E-state index contributed by atoms with van der Waals surface area (Å²) in [4.78, 5) is 11.6. The lowest BCUT2D eigenvalue weighted by Gasteiger charge is -2.15. The number of benzene rings is 2. The second kappa shape index (κ2) is 7.18. The van der Waals surface area contributed by atoms with Gasteiger partial charge in [0.25, 0.3) is 0 Å². The summed E-state index contributed by atoms with van der Waals surface area (Å²) in [6, 6.07) is 9.12. The number of hydrogen-bond donors (Lipinski definition) is 1. The molecule has 0 bridgehead atoms. The van der Waals surface area contributed by atoms with Crippen molar-refractivity contribution in [2.45, 2.75) is 34.1 Å². The highest BCUT2D eigenvalue weighted by Crippen LogP contribution is 2.35. The van der Waals surface area contributed by atoms with Gasteiger partial charge in [0.05, 0.1) is 13.0 Å². The van der Waals surface area contributed by atoms with Crippen LogP contribution in [0.15, 0.2) is 30.3 Å². The maximum Gasteiger partial charge on any atom is 0.310 e. The Labute approximate surface area is 136 Å². The Kier molecular flexibility index (Phi) is 5.27. The minimum absolute atomic E-state index is 0.200. The predicted molar refractivity (Wildman–Crippen MR) is 89.2 cm³/mol. The van der Waals surface area contributed by atoms with E-state index in [1.54, 1.807) is 13.0 Å². The molecule has 0 atom stereocenters. The van der Waals surface area contributed by atoms with Crippen molar-refractivity contribution in [3.05, 3.63) is 52.6 Å². The van der Waals surface area contributed by atoms with E-state index >= 15 is 0 Å². The number of rotatable bonds is 5. The van der Waals surface area contributed by atoms with E-state index in [2.05, 4.69) is 0 Å². The zero-order valence-electron chi connectivity index (χ0n) is 14.0. The minimum Gasteiger partial charge on any atom is -0.508 e. The maximum atomic E-state index is 11.6. The Morgan fingerprint density at radius 2 is 1.78 bits per heavy atom. The van der Waals surface area contributed by atoms with E-state index in [4.69, 9.17) is 9.47 Å². The molecule has 1 N–H and O–H groups in total. The summed E-state index contributed by atoms with van der Waals surface area (Å²) in [5.74, 6) is 1.25. The molecule has 4 heteroatoms. The molecule has 4 nitrogen and oxygen atoms in total. The van der Waals surface area contributed by atoms with Gasteiger partial charge >= 0.3 is 5.97 Å². The monoisotopic (exact) mass is 314 g/mol. The molecule has 0 saturated carbocycles. The van der Waals surface area contributed by atoms with E-state index in [1.807, 2.05) is 45.0 Å². The lowest BCUT2D eigenvalue weighted by Crippen LogP contribution is -2.07. The van der Waals surface area contributed by atoms with Crippen LogP contribution < -0.4 is 4.74 Å². The molecule has 0 amide bonds. The van der Waals surface area contributed by atoms with Crippen LogP contribution in [0.1, 0.15) is 29.2 Å². The van der Waals surface area contributed by atoms with Crippen LogP contribution in [-0.2, 0) is 16.0 Å². The number of esters is 1. The molecule has 0 aliphatic heterocycles. The molecule has 0 aliphatic carbocycles. The number of phenols is 1. The SMILES string of the molecule is CCOC(=O)Cc1ccc(C)c(Oc2c(C)ccc(O)c2C)c1. The van der Waals surface area contributed by atoms with Crippen molar-refractivity contribution >= 4 is 5.97 Å². The third-order valence-corrected chi connectivity index (χ3v) is 3.69. The van der Waals surface area contributed by atoms with Gasteiger partial charge in [-0.3, -0.25) is 4.79 Å². The van der Waals surface area contributed by atoms with E-state index in [0.29, 0.717) is 23.7 Å². The highest BCUT2D eigenvalue weighted by Gasteiger charge is 2.12. The van der Waals surface area contributed by atoms with E-state index < -0.39 is 0 Å². The molecule has 0 aromatic heterocycles. The summed E-state index contributed by atoms with van der Waals surface area (Å²) in [6.45, 7) is 7.84. The number of aromatic hydroxyl groups is 1. The maximum absolute atomic E-state index is 11.6. The van der Waals surface area contributed by atoms with Crippen LogP contribution >= 0.6 is 0 Å². The first-order chi connectivity index (χ1) is 10.9. The average Bonchev–Trinajstić information content (AvgIpc) is 2.51. The topological polar surface area (TPSA) is 55.8 Å². The van der Waals surface area contributed by atoms with Crippen LogP contribution in [0.4, 0.5) is 0 Å². The van der Waals surface area contributed by atoms with Crippen LogP contribution in [0.3, 0.4) is 0 Å². The molecule has 0 unspecified atom stereocenters. The second-order valence-electron chi connectivity index (χ2n) is 5.54. The van der Waals surface area contributed by atoms with Gasteiger partial charge < -0.3 is 14.6 Å². The van der Waals surface area contributed by atoms with Crippen molar-refractivity contribution in [3.63, 3.8) is 0 Å². The van der Waals surface area contributed by atoms with Gasteiger partial charge in [0, 0.05) is 5.56 Å². The molecule has 0 spiro atoms. The van der Waals surface area contributed by atoms with Crippen molar-refractivity contribution in [3.8, 4) is 17.2 Å². The molecule has 0 aliphatic rings. The number of aryl methyl sites for hydroxylation is 2. The first kappa shape index (κ1) is 16.9. The van der Waals surface area contributed by atoms with Gasteiger partial charge in [0.2, 0.25) is 0 Å². The predicted octanol–water partition coefficient (Wildman–Crippen LogP) is 4.22. The molecule has 0 heterocycles. The molecule has 23 heavy (non-hydrogen) atoms. The van der Waals surface area contributed by atoms with E-state index in [0.717, 1.165) is 16.7 Å². The van der Waals surface area contributed by atoms with Crippen LogP contribution in [0, 0.1) is 20.8 Å². The van der Waals surface area contributed by atoms with Crippen LogP contribution in [0.25, 0.3) is 0 Å². The van der Waals surface area contributed by atoms with Gasteiger partial charge in [-0.15, -0.1) is 0 Å². The fourth-order valence-electron chi connectivity index (χ4n) is 2.33. The summed E-state index contributed by atoms with van der Waals surface area (Å²) in [7, 11) is 0. The Hall–Kier alpha value is -2.49. The zero-order chi connectivity index (χ0) is 17.0. The third kappa shape index (κ3) is 4.03. The van der Waals surface area contributed by atoms with Crippen LogP contribution in [0.5, 0.6) is 17.2 Å². The highest BCUT2D eigenvalue weighted by molar-refractivity contribution is 5.72. The van der Waals surface area contributed by atoms with Gasteiger partial charge in [-0.05, 0) is 56.5 Å². The van der Waals surface area contributed by atoms with Crippen molar-refractivity contribution in [1.82, 2.24) is 0 Å².